The van der Waals surface area contributed by atoms with Gasteiger partial charge in [-0.05, 0) is 42.0 Å². The van der Waals surface area contributed by atoms with Crippen LogP contribution in [-0.2, 0) is 11.4 Å². The maximum Gasteiger partial charge on any atom is 0.248 e. The molecular formula is C23H21ClN2O4. The smallest absolute Gasteiger partial charge is 0.248 e. The number of nitrogens with zero attached hydrogens (tertiary/aromatic N) is 1. The van der Waals surface area contributed by atoms with Crippen molar-refractivity contribution in [2.75, 3.05) is 19.5 Å². The molecule has 3 rings (SSSR count). The second-order valence-electron chi connectivity index (χ2n) is 6.24. The molecule has 7 heteroatoms. The number of hydrogen-bond acceptors (Lipinski definition) is 5. The van der Waals surface area contributed by atoms with E-state index in [4.69, 9.17) is 25.8 Å². The molecule has 0 spiro atoms. The molecule has 0 saturated carbocycles. The third kappa shape index (κ3) is 5.75. The molecule has 0 bridgehead atoms. The summed E-state index contributed by atoms with van der Waals surface area (Å²) in [5.74, 6) is 1.30. The number of ether oxygens (including phenoxy) is 3. The highest BCUT2D eigenvalue weighted by Gasteiger charge is 2.10. The lowest BCUT2D eigenvalue weighted by Crippen LogP contribution is -2.07. The first-order valence-corrected chi connectivity index (χ1v) is 9.49. The fourth-order valence-corrected chi connectivity index (χ4v) is 3.00. The van der Waals surface area contributed by atoms with Gasteiger partial charge in [-0.25, -0.2) is 0 Å². The van der Waals surface area contributed by atoms with E-state index in [9.17, 15) is 4.79 Å². The Bertz CT molecular complexity index is 1040. The Hall–Kier alpha value is -3.51. The molecule has 2 aromatic carbocycles. The number of nitrogens with one attached hydrogen (secondary N) is 1. The molecule has 6 nitrogen and oxygen atoms in total. The van der Waals surface area contributed by atoms with Crippen LogP contribution in [0.25, 0.3) is 6.08 Å². The van der Waals surface area contributed by atoms with Crippen LogP contribution in [0.3, 0.4) is 0 Å². The van der Waals surface area contributed by atoms with Crippen molar-refractivity contribution in [3.05, 3.63) is 83.2 Å². The van der Waals surface area contributed by atoms with Crippen LogP contribution in [-0.4, -0.2) is 25.1 Å². The fraction of sp³-hybridized carbons (Fsp3) is 0.130. The fourth-order valence-electron chi connectivity index (χ4n) is 2.70. The van der Waals surface area contributed by atoms with Crippen molar-refractivity contribution in [2.24, 2.45) is 0 Å². The van der Waals surface area contributed by atoms with E-state index in [0.717, 1.165) is 5.56 Å². The molecule has 154 valence electrons. The van der Waals surface area contributed by atoms with Crippen molar-refractivity contribution in [2.45, 2.75) is 6.61 Å². The summed E-state index contributed by atoms with van der Waals surface area (Å²) in [5, 5.41) is 3.21. The standard InChI is InChI=1S/C23H21ClN2O4/c1-28-21-12-16(11-20(24)23(21)29-2)8-9-22(27)26-18-6-3-7-19(13-18)30-15-17-5-4-10-25-14-17/h3-14H,15H2,1-2H3,(H,26,27). The number of halogens is 1. The maximum atomic E-state index is 12.3. The first kappa shape index (κ1) is 21.2. The largest absolute Gasteiger partial charge is 0.493 e. The van der Waals surface area contributed by atoms with E-state index >= 15 is 0 Å². The lowest BCUT2D eigenvalue weighted by molar-refractivity contribution is -0.111. The molecule has 1 amide bonds. The summed E-state index contributed by atoms with van der Waals surface area (Å²) in [5.41, 5.74) is 2.29. The van der Waals surface area contributed by atoms with Crippen LogP contribution in [0.15, 0.2) is 67.0 Å². The molecule has 0 atom stereocenters. The first-order chi connectivity index (χ1) is 14.6. The maximum absolute atomic E-state index is 12.3. The van der Waals surface area contributed by atoms with E-state index in [2.05, 4.69) is 10.3 Å². The van der Waals surface area contributed by atoms with Gasteiger partial charge in [0, 0.05) is 35.8 Å². The van der Waals surface area contributed by atoms with Gasteiger partial charge in [0.25, 0.3) is 0 Å². The van der Waals surface area contributed by atoms with Gasteiger partial charge < -0.3 is 19.5 Å². The minimum atomic E-state index is -0.287. The van der Waals surface area contributed by atoms with Crippen LogP contribution < -0.4 is 19.5 Å². The van der Waals surface area contributed by atoms with Crippen LogP contribution in [0.2, 0.25) is 5.02 Å². The molecule has 0 unspecified atom stereocenters. The third-order valence-electron chi connectivity index (χ3n) is 4.11. The highest BCUT2D eigenvalue weighted by atomic mass is 35.5. The highest BCUT2D eigenvalue weighted by Crippen LogP contribution is 2.36. The van der Waals surface area contributed by atoms with E-state index < -0.39 is 0 Å². The van der Waals surface area contributed by atoms with Crippen molar-refractivity contribution in [1.82, 2.24) is 4.98 Å². The van der Waals surface area contributed by atoms with Crippen molar-refractivity contribution in [1.29, 1.82) is 0 Å². The predicted octanol–water partition coefficient (Wildman–Crippen LogP) is 4.98. The van der Waals surface area contributed by atoms with Gasteiger partial charge >= 0.3 is 0 Å². The van der Waals surface area contributed by atoms with Crippen LogP contribution >= 0.6 is 11.6 Å². The van der Waals surface area contributed by atoms with Crippen molar-refractivity contribution in [3.8, 4) is 17.2 Å². The molecule has 1 aromatic heterocycles. The number of methoxy groups -OCH3 is 2. The molecule has 0 aliphatic carbocycles. The van der Waals surface area contributed by atoms with Gasteiger partial charge in [0.2, 0.25) is 5.91 Å². The Kier molecular flexibility index (Phi) is 7.29. The Morgan fingerprint density at radius 3 is 2.73 bits per heavy atom. The lowest BCUT2D eigenvalue weighted by atomic mass is 10.2. The number of carbonyl (C=O) groups is 1. The van der Waals surface area contributed by atoms with E-state index in [1.165, 1.54) is 20.3 Å². The van der Waals surface area contributed by atoms with Gasteiger partial charge in [0.05, 0.1) is 19.2 Å². The summed E-state index contributed by atoms with van der Waals surface area (Å²) in [6.45, 7) is 0.394. The molecule has 0 aliphatic heterocycles. The van der Waals surface area contributed by atoms with Crippen LogP contribution in [0.1, 0.15) is 11.1 Å². The number of pyridine rings is 1. The second kappa shape index (κ2) is 10.3. The molecule has 1 N–H and O–H groups in total. The summed E-state index contributed by atoms with van der Waals surface area (Å²) in [4.78, 5) is 16.4. The molecule has 30 heavy (non-hydrogen) atoms. The summed E-state index contributed by atoms with van der Waals surface area (Å²) in [6, 6.07) is 14.4. The lowest BCUT2D eigenvalue weighted by Gasteiger charge is -2.10. The minimum Gasteiger partial charge on any atom is -0.493 e. The summed E-state index contributed by atoms with van der Waals surface area (Å²) >= 11 is 6.19. The predicted molar refractivity (Wildman–Crippen MR) is 117 cm³/mol. The van der Waals surface area contributed by atoms with Crippen LogP contribution in [0.5, 0.6) is 17.2 Å². The number of amides is 1. The quantitative estimate of drug-likeness (QED) is 0.516. The van der Waals surface area contributed by atoms with Crippen molar-refractivity contribution >= 4 is 29.3 Å². The molecule has 3 aromatic rings. The summed E-state index contributed by atoms with van der Waals surface area (Å²) < 4.78 is 16.2. The number of rotatable bonds is 8. The third-order valence-corrected chi connectivity index (χ3v) is 4.39. The number of aromatic nitrogens is 1. The average molecular weight is 425 g/mol. The molecule has 0 aliphatic rings. The molecule has 1 heterocycles. The van der Waals surface area contributed by atoms with Crippen molar-refractivity contribution in [3.63, 3.8) is 0 Å². The normalized spacial score (nSPS) is 10.6. The molecule has 0 fully saturated rings. The molecular weight excluding hydrogens is 404 g/mol. The Labute approximate surface area is 180 Å². The average Bonchev–Trinajstić information content (AvgIpc) is 2.77. The SMILES string of the molecule is COc1cc(C=CC(=O)Nc2cccc(OCc3cccnc3)c2)cc(Cl)c1OC. The zero-order valence-corrected chi connectivity index (χ0v) is 17.3. The van der Waals surface area contributed by atoms with Gasteiger partial charge in [-0.2, -0.15) is 0 Å². The number of carbonyl (C=O) groups excluding carboxylic acids is 1. The number of benzene rings is 2. The Morgan fingerprint density at radius 1 is 1.13 bits per heavy atom. The molecule has 0 saturated heterocycles. The second-order valence-corrected chi connectivity index (χ2v) is 6.65. The monoisotopic (exact) mass is 424 g/mol. The van der Waals surface area contributed by atoms with Crippen molar-refractivity contribution < 1.29 is 19.0 Å². The van der Waals surface area contributed by atoms with E-state index in [-0.39, 0.29) is 5.91 Å². The van der Waals surface area contributed by atoms with Gasteiger partial charge in [0.1, 0.15) is 12.4 Å². The van der Waals surface area contributed by atoms with Gasteiger partial charge in [0.15, 0.2) is 11.5 Å². The first-order valence-electron chi connectivity index (χ1n) is 9.11. The summed E-state index contributed by atoms with van der Waals surface area (Å²) in [6.07, 6.45) is 6.52. The van der Waals surface area contributed by atoms with Gasteiger partial charge in [-0.3, -0.25) is 9.78 Å². The minimum absolute atomic E-state index is 0.287. The Balaban J connectivity index is 1.63. The van der Waals surface area contributed by atoms with E-state index in [1.807, 2.05) is 24.3 Å². The van der Waals surface area contributed by atoms with Crippen LogP contribution in [0, 0.1) is 0 Å². The summed E-state index contributed by atoms with van der Waals surface area (Å²) in [7, 11) is 3.04. The number of anilines is 1. The van der Waals surface area contributed by atoms with Crippen LogP contribution in [0.4, 0.5) is 5.69 Å². The molecule has 0 radical (unpaired) electrons. The Morgan fingerprint density at radius 2 is 2.00 bits per heavy atom. The highest BCUT2D eigenvalue weighted by molar-refractivity contribution is 6.32. The topological polar surface area (TPSA) is 69.7 Å². The number of hydrogen-bond donors (Lipinski definition) is 1. The zero-order chi connectivity index (χ0) is 21.3. The van der Waals surface area contributed by atoms with Gasteiger partial charge in [-0.1, -0.05) is 23.7 Å². The zero-order valence-electron chi connectivity index (χ0n) is 16.6. The van der Waals surface area contributed by atoms with Gasteiger partial charge in [-0.15, -0.1) is 0 Å². The van der Waals surface area contributed by atoms with E-state index in [0.29, 0.717) is 40.1 Å². The van der Waals surface area contributed by atoms with E-state index in [1.54, 1.807) is 42.7 Å².